The number of benzene rings is 2. The molecule has 0 spiro atoms. The SMILES string of the molecule is C[C@H](N)c1oc2ccccc2c(=O)c1-c1cccc(F)c1. The molecule has 3 nitrogen and oxygen atoms in total. The quantitative estimate of drug-likeness (QED) is 0.781. The van der Waals surface area contributed by atoms with Gasteiger partial charge in [0.05, 0.1) is 17.0 Å². The monoisotopic (exact) mass is 283 g/mol. The topological polar surface area (TPSA) is 56.2 Å². The molecule has 0 aliphatic carbocycles. The first-order chi connectivity index (χ1) is 10.1. The number of nitrogens with two attached hydrogens (primary N) is 1. The van der Waals surface area contributed by atoms with Crippen LogP contribution in [-0.2, 0) is 0 Å². The van der Waals surface area contributed by atoms with Crippen molar-refractivity contribution in [2.24, 2.45) is 5.73 Å². The summed E-state index contributed by atoms with van der Waals surface area (Å²) in [5.41, 5.74) is 7.00. The lowest BCUT2D eigenvalue weighted by molar-refractivity contribution is 0.503. The van der Waals surface area contributed by atoms with Gasteiger partial charge in [0.25, 0.3) is 0 Å². The molecule has 2 aromatic carbocycles. The first-order valence-electron chi connectivity index (χ1n) is 6.65. The highest BCUT2D eigenvalue weighted by molar-refractivity contribution is 5.82. The van der Waals surface area contributed by atoms with Crippen molar-refractivity contribution in [2.45, 2.75) is 13.0 Å². The van der Waals surface area contributed by atoms with Gasteiger partial charge in [0.1, 0.15) is 17.2 Å². The van der Waals surface area contributed by atoms with Crippen LogP contribution in [0, 0.1) is 5.82 Å². The molecular weight excluding hydrogens is 269 g/mol. The summed E-state index contributed by atoms with van der Waals surface area (Å²) in [5, 5.41) is 0.459. The average molecular weight is 283 g/mol. The summed E-state index contributed by atoms with van der Waals surface area (Å²) in [7, 11) is 0. The molecule has 0 saturated carbocycles. The van der Waals surface area contributed by atoms with Gasteiger partial charge in [0, 0.05) is 0 Å². The Morgan fingerprint density at radius 1 is 1.14 bits per heavy atom. The van der Waals surface area contributed by atoms with Gasteiger partial charge in [-0.1, -0.05) is 24.3 Å². The van der Waals surface area contributed by atoms with Crippen LogP contribution >= 0.6 is 0 Å². The number of hydrogen-bond acceptors (Lipinski definition) is 3. The maximum Gasteiger partial charge on any atom is 0.200 e. The van der Waals surface area contributed by atoms with Crippen molar-refractivity contribution >= 4 is 11.0 Å². The van der Waals surface area contributed by atoms with E-state index in [1.54, 1.807) is 43.3 Å². The average Bonchev–Trinajstić information content (AvgIpc) is 2.47. The van der Waals surface area contributed by atoms with Crippen LogP contribution in [0.25, 0.3) is 22.1 Å². The van der Waals surface area contributed by atoms with Gasteiger partial charge in [-0.25, -0.2) is 4.39 Å². The Hall–Kier alpha value is -2.46. The van der Waals surface area contributed by atoms with Crippen molar-refractivity contribution in [2.75, 3.05) is 0 Å². The van der Waals surface area contributed by atoms with E-state index in [0.717, 1.165) is 0 Å². The van der Waals surface area contributed by atoms with E-state index in [-0.39, 0.29) is 5.43 Å². The molecule has 2 N–H and O–H groups in total. The van der Waals surface area contributed by atoms with Crippen molar-refractivity contribution in [3.63, 3.8) is 0 Å². The minimum atomic E-state index is -0.472. The van der Waals surface area contributed by atoms with Gasteiger partial charge in [-0.3, -0.25) is 4.79 Å². The predicted octanol–water partition coefficient (Wildman–Crippen LogP) is 3.62. The molecule has 1 atom stereocenters. The fraction of sp³-hybridized carbons (Fsp3) is 0.118. The maximum absolute atomic E-state index is 13.5. The third-order valence-corrected chi connectivity index (χ3v) is 3.35. The first kappa shape index (κ1) is 13.5. The summed E-state index contributed by atoms with van der Waals surface area (Å²) in [6, 6.07) is 12.4. The van der Waals surface area contributed by atoms with E-state index < -0.39 is 11.9 Å². The summed E-state index contributed by atoms with van der Waals surface area (Å²) in [6.45, 7) is 1.73. The Bertz CT molecular complexity index is 868. The Morgan fingerprint density at radius 2 is 1.90 bits per heavy atom. The second-order valence-electron chi connectivity index (χ2n) is 4.97. The van der Waals surface area contributed by atoms with Crippen LogP contribution in [0.5, 0.6) is 0 Å². The van der Waals surface area contributed by atoms with E-state index in [1.165, 1.54) is 12.1 Å². The van der Waals surface area contributed by atoms with Gasteiger partial charge in [-0.15, -0.1) is 0 Å². The normalized spacial score (nSPS) is 12.5. The number of para-hydroxylation sites is 1. The van der Waals surface area contributed by atoms with Crippen LogP contribution in [0.3, 0.4) is 0 Å². The van der Waals surface area contributed by atoms with Crippen LogP contribution in [0.15, 0.2) is 57.7 Å². The molecule has 106 valence electrons. The van der Waals surface area contributed by atoms with Gasteiger partial charge >= 0.3 is 0 Å². The zero-order valence-corrected chi connectivity index (χ0v) is 11.5. The summed E-state index contributed by atoms with van der Waals surface area (Å²) in [6.07, 6.45) is 0. The molecule has 0 bridgehead atoms. The van der Waals surface area contributed by atoms with Gasteiger partial charge in [-0.05, 0) is 36.8 Å². The molecule has 3 aromatic rings. The summed E-state index contributed by atoms with van der Waals surface area (Å²) in [5.74, 6) is -0.0417. The van der Waals surface area contributed by atoms with Crippen LogP contribution in [0.2, 0.25) is 0 Å². The molecule has 4 heteroatoms. The highest BCUT2D eigenvalue weighted by atomic mass is 19.1. The van der Waals surface area contributed by atoms with Crippen molar-refractivity contribution < 1.29 is 8.81 Å². The van der Waals surface area contributed by atoms with E-state index in [0.29, 0.717) is 27.9 Å². The maximum atomic E-state index is 13.5. The lowest BCUT2D eigenvalue weighted by Crippen LogP contribution is -2.15. The lowest BCUT2D eigenvalue weighted by atomic mass is 9.99. The van der Waals surface area contributed by atoms with Gasteiger partial charge in [0.2, 0.25) is 5.43 Å². The Balaban J connectivity index is 2.42. The van der Waals surface area contributed by atoms with Crippen molar-refractivity contribution in [1.29, 1.82) is 0 Å². The Morgan fingerprint density at radius 3 is 2.62 bits per heavy atom. The molecule has 21 heavy (non-hydrogen) atoms. The second-order valence-corrected chi connectivity index (χ2v) is 4.97. The summed E-state index contributed by atoms with van der Waals surface area (Å²) < 4.78 is 19.2. The van der Waals surface area contributed by atoms with E-state index in [1.807, 2.05) is 0 Å². The van der Waals surface area contributed by atoms with Crippen LogP contribution in [-0.4, -0.2) is 0 Å². The number of hydrogen-bond donors (Lipinski definition) is 1. The van der Waals surface area contributed by atoms with Gasteiger partial charge < -0.3 is 10.2 Å². The fourth-order valence-corrected chi connectivity index (χ4v) is 2.40. The predicted molar refractivity (Wildman–Crippen MR) is 80.5 cm³/mol. The van der Waals surface area contributed by atoms with Crippen LogP contribution in [0.1, 0.15) is 18.7 Å². The highest BCUT2D eigenvalue weighted by Crippen LogP contribution is 2.28. The minimum Gasteiger partial charge on any atom is -0.459 e. The molecule has 0 unspecified atom stereocenters. The van der Waals surface area contributed by atoms with Crippen LogP contribution < -0.4 is 11.2 Å². The van der Waals surface area contributed by atoms with E-state index in [2.05, 4.69) is 0 Å². The molecule has 3 rings (SSSR count). The largest absolute Gasteiger partial charge is 0.459 e. The zero-order chi connectivity index (χ0) is 15.0. The molecule has 1 aromatic heterocycles. The van der Waals surface area contributed by atoms with E-state index in [4.69, 9.17) is 10.2 Å². The smallest absolute Gasteiger partial charge is 0.200 e. The third kappa shape index (κ3) is 2.34. The van der Waals surface area contributed by atoms with Gasteiger partial charge in [0.15, 0.2) is 0 Å². The number of halogens is 1. The zero-order valence-electron chi connectivity index (χ0n) is 11.5. The van der Waals surface area contributed by atoms with Crippen molar-refractivity contribution in [1.82, 2.24) is 0 Å². The molecule has 0 fully saturated rings. The summed E-state index contributed by atoms with van der Waals surface area (Å²) in [4.78, 5) is 12.7. The Kier molecular flexibility index (Phi) is 3.31. The molecular formula is C17H14FNO2. The number of rotatable bonds is 2. The molecule has 0 aliphatic heterocycles. The fourth-order valence-electron chi connectivity index (χ4n) is 2.40. The van der Waals surface area contributed by atoms with Crippen LogP contribution in [0.4, 0.5) is 4.39 Å². The van der Waals surface area contributed by atoms with Gasteiger partial charge in [-0.2, -0.15) is 0 Å². The second kappa shape index (κ2) is 5.14. The molecule has 0 amide bonds. The molecule has 0 saturated heterocycles. The Labute approximate surface area is 120 Å². The van der Waals surface area contributed by atoms with E-state index in [9.17, 15) is 9.18 Å². The highest BCUT2D eigenvalue weighted by Gasteiger charge is 2.18. The minimum absolute atomic E-state index is 0.199. The summed E-state index contributed by atoms with van der Waals surface area (Å²) >= 11 is 0. The first-order valence-corrected chi connectivity index (χ1v) is 6.65. The number of fused-ring (bicyclic) bond motifs is 1. The van der Waals surface area contributed by atoms with Crippen molar-refractivity contribution in [3.05, 3.63) is 70.3 Å². The molecule has 0 aliphatic rings. The lowest BCUT2D eigenvalue weighted by Gasteiger charge is -2.12. The molecule has 1 heterocycles. The van der Waals surface area contributed by atoms with Crippen molar-refractivity contribution in [3.8, 4) is 11.1 Å². The van der Waals surface area contributed by atoms with E-state index >= 15 is 0 Å². The third-order valence-electron chi connectivity index (χ3n) is 3.35. The molecule has 0 radical (unpaired) electrons. The standard InChI is InChI=1S/C17H14FNO2/c1-10(19)17-15(11-5-4-6-12(18)9-11)16(20)13-7-2-3-8-14(13)21-17/h2-10H,19H2,1H3/t10-/m0/s1.